The molecule has 0 bridgehead atoms. The van der Waals surface area contributed by atoms with Gasteiger partial charge in [-0.05, 0) is 62.8 Å². The second kappa shape index (κ2) is 9.56. The summed E-state index contributed by atoms with van der Waals surface area (Å²) in [5.41, 5.74) is 2.95. The molecule has 29 heavy (non-hydrogen) atoms. The predicted molar refractivity (Wildman–Crippen MR) is 115 cm³/mol. The smallest absolute Gasteiger partial charge is 0.335 e. The van der Waals surface area contributed by atoms with Crippen LogP contribution in [0.1, 0.15) is 42.0 Å². The van der Waals surface area contributed by atoms with Gasteiger partial charge < -0.3 is 19.3 Å². The number of carboxylic acids is 1. The van der Waals surface area contributed by atoms with E-state index in [1.165, 1.54) is 0 Å². The van der Waals surface area contributed by atoms with E-state index in [0.29, 0.717) is 12.1 Å². The average molecular weight is 396 g/mol. The fourth-order valence-corrected chi connectivity index (χ4v) is 3.53. The lowest BCUT2D eigenvalue weighted by Crippen LogP contribution is -2.25. The molecule has 0 aliphatic heterocycles. The third-order valence-electron chi connectivity index (χ3n) is 5.28. The maximum absolute atomic E-state index is 11.3. The number of fused-ring (bicyclic) bond motifs is 1. The number of aromatic carboxylic acids is 1. The predicted octanol–water partition coefficient (Wildman–Crippen LogP) is 4.35. The van der Waals surface area contributed by atoms with Crippen molar-refractivity contribution in [3.63, 3.8) is 0 Å². The Labute approximate surface area is 171 Å². The number of aromatic nitrogens is 2. The number of carbonyl (C=O) groups is 1. The molecule has 0 unspecified atom stereocenters. The van der Waals surface area contributed by atoms with Crippen molar-refractivity contribution in [2.75, 3.05) is 19.6 Å². The van der Waals surface area contributed by atoms with Crippen LogP contribution in [-0.4, -0.2) is 45.2 Å². The SMILES string of the molecule is CCN(CC)CCCn1c(COc2ccccc2C)nc2cc(C(=O)O)ccc21. The van der Waals surface area contributed by atoms with Crippen LogP contribution < -0.4 is 4.74 Å². The Morgan fingerprint density at radius 3 is 2.62 bits per heavy atom. The minimum absolute atomic E-state index is 0.247. The first-order chi connectivity index (χ1) is 14.0. The third-order valence-corrected chi connectivity index (χ3v) is 5.28. The highest BCUT2D eigenvalue weighted by Gasteiger charge is 2.14. The van der Waals surface area contributed by atoms with E-state index in [2.05, 4.69) is 23.3 Å². The van der Waals surface area contributed by atoms with Crippen molar-refractivity contribution < 1.29 is 14.6 Å². The van der Waals surface area contributed by atoms with Crippen molar-refractivity contribution >= 4 is 17.0 Å². The van der Waals surface area contributed by atoms with Gasteiger partial charge in [0.15, 0.2) is 0 Å². The highest BCUT2D eigenvalue weighted by molar-refractivity contribution is 5.92. The second-order valence-corrected chi connectivity index (χ2v) is 7.12. The Kier molecular flexibility index (Phi) is 6.88. The monoisotopic (exact) mass is 395 g/mol. The number of hydrogen-bond donors (Lipinski definition) is 1. The van der Waals surface area contributed by atoms with E-state index in [9.17, 15) is 9.90 Å². The van der Waals surface area contributed by atoms with Gasteiger partial charge in [-0.15, -0.1) is 0 Å². The maximum atomic E-state index is 11.3. The molecule has 1 heterocycles. The summed E-state index contributed by atoms with van der Waals surface area (Å²) >= 11 is 0. The normalized spacial score (nSPS) is 11.3. The van der Waals surface area contributed by atoms with Crippen molar-refractivity contribution in [2.24, 2.45) is 0 Å². The van der Waals surface area contributed by atoms with Crippen LogP contribution in [-0.2, 0) is 13.2 Å². The highest BCUT2D eigenvalue weighted by atomic mass is 16.5. The van der Waals surface area contributed by atoms with Crippen LogP contribution in [0.2, 0.25) is 0 Å². The van der Waals surface area contributed by atoms with Crippen LogP contribution in [0.4, 0.5) is 0 Å². The number of para-hydroxylation sites is 1. The van der Waals surface area contributed by atoms with Gasteiger partial charge in [0.2, 0.25) is 0 Å². The zero-order valence-corrected chi connectivity index (χ0v) is 17.4. The summed E-state index contributed by atoms with van der Waals surface area (Å²) in [6.07, 6.45) is 0.991. The molecule has 154 valence electrons. The van der Waals surface area contributed by atoms with Gasteiger partial charge >= 0.3 is 5.97 Å². The molecule has 1 aromatic heterocycles. The molecule has 0 aliphatic carbocycles. The first kappa shape index (κ1) is 20.9. The van der Waals surface area contributed by atoms with Gasteiger partial charge in [-0.2, -0.15) is 0 Å². The van der Waals surface area contributed by atoms with Crippen molar-refractivity contribution in [3.05, 3.63) is 59.4 Å². The Hall–Kier alpha value is -2.86. The molecule has 0 spiro atoms. The number of ether oxygens (including phenoxy) is 1. The van der Waals surface area contributed by atoms with E-state index in [1.807, 2.05) is 37.3 Å². The molecule has 0 aliphatic rings. The summed E-state index contributed by atoms with van der Waals surface area (Å²) in [5.74, 6) is 0.700. The van der Waals surface area contributed by atoms with Crippen LogP contribution in [0, 0.1) is 6.92 Å². The van der Waals surface area contributed by atoms with Gasteiger partial charge in [0.25, 0.3) is 0 Å². The lowest BCUT2D eigenvalue weighted by Gasteiger charge is -2.18. The first-order valence-corrected chi connectivity index (χ1v) is 10.2. The molecule has 0 radical (unpaired) electrons. The number of nitrogens with zero attached hydrogens (tertiary/aromatic N) is 3. The molecule has 3 rings (SSSR count). The minimum atomic E-state index is -0.944. The summed E-state index contributed by atoms with van der Waals surface area (Å²) in [6.45, 7) is 10.6. The molecular formula is C23H29N3O3. The van der Waals surface area contributed by atoms with E-state index in [0.717, 1.165) is 55.3 Å². The topological polar surface area (TPSA) is 67.6 Å². The minimum Gasteiger partial charge on any atom is -0.485 e. The third kappa shape index (κ3) is 4.95. The van der Waals surface area contributed by atoms with Crippen LogP contribution in [0.15, 0.2) is 42.5 Å². The fraction of sp³-hybridized carbons (Fsp3) is 0.391. The van der Waals surface area contributed by atoms with Crippen LogP contribution in [0.25, 0.3) is 11.0 Å². The van der Waals surface area contributed by atoms with Crippen LogP contribution in [0.5, 0.6) is 5.75 Å². The van der Waals surface area contributed by atoms with Gasteiger partial charge in [-0.25, -0.2) is 9.78 Å². The largest absolute Gasteiger partial charge is 0.485 e. The molecule has 0 saturated heterocycles. The molecule has 0 fully saturated rings. The number of rotatable bonds is 10. The van der Waals surface area contributed by atoms with Gasteiger partial charge in [-0.3, -0.25) is 0 Å². The quantitative estimate of drug-likeness (QED) is 0.553. The van der Waals surface area contributed by atoms with Gasteiger partial charge in [0.1, 0.15) is 18.2 Å². The molecule has 1 N–H and O–H groups in total. The van der Waals surface area contributed by atoms with E-state index in [1.54, 1.807) is 12.1 Å². The van der Waals surface area contributed by atoms with Gasteiger partial charge in [0.05, 0.1) is 16.6 Å². The number of hydrogen-bond acceptors (Lipinski definition) is 4. The Balaban J connectivity index is 1.86. The van der Waals surface area contributed by atoms with Crippen LogP contribution in [0.3, 0.4) is 0 Å². The zero-order valence-electron chi connectivity index (χ0n) is 17.4. The molecule has 3 aromatic rings. The first-order valence-electron chi connectivity index (χ1n) is 10.2. The Bertz CT molecular complexity index is 977. The summed E-state index contributed by atoms with van der Waals surface area (Å²) in [5, 5.41) is 9.29. The summed E-state index contributed by atoms with van der Waals surface area (Å²) in [6, 6.07) is 13.0. The highest BCUT2D eigenvalue weighted by Crippen LogP contribution is 2.22. The van der Waals surface area contributed by atoms with Crippen molar-refractivity contribution in [1.29, 1.82) is 0 Å². The molecule has 0 saturated carbocycles. The van der Waals surface area contributed by atoms with Gasteiger partial charge in [0, 0.05) is 6.54 Å². The number of carboxylic acid groups (broad SMARTS) is 1. The summed E-state index contributed by atoms with van der Waals surface area (Å²) < 4.78 is 8.19. The summed E-state index contributed by atoms with van der Waals surface area (Å²) in [4.78, 5) is 18.4. The van der Waals surface area contributed by atoms with E-state index in [-0.39, 0.29) is 5.56 Å². The summed E-state index contributed by atoms with van der Waals surface area (Å²) in [7, 11) is 0. The maximum Gasteiger partial charge on any atom is 0.335 e. The standard InChI is InChI=1S/C23H29N3O3/c1-4-25(5-2)13-8-14-26-20-12-11-18(23(27)28)15-19(20)24-22(26)16-29-21-10-7-6-9-17(21)3/h6-7,9-12,15H,4-5,8,13-14,16H2,1-3H3,(H,27,28). The lowest BCUT2D eigenvalue weighted by atomic mass is 10.2. The molecule has 6 heteroatoms. The van der Waals surface area contributed by atoms with Crippen LogP contribution >= 0.6 is 0 Å². The number of imidazole rings is 1. The van der Waals surface area contributed by atoms with Crippen molar-refractivity contribution in [3.8, 4) is 5.75 Å². The molecule has 0 amide bonds. The molecule has 2 aromatic carbocycles. The molecule has 6 nitrogen and oxygen atoms in total. The number of aryl methyl sites for hydroxylation is 2. The van der Waals surface area contributed by atoms with Crippen molar-refractivity contribution in [1.82, 2.24) is 14.5 Å². The molecular weight excluding hydrogens is 366 g/mol. The molecule has 0 atom stereocenters. The van der Waals surface area contributed by atoms with E-state index >= 15 is 0 Å². The Morgan fingerprint density at radius 1 is 1.17 bits per heavy atom. The van der Waals surface area contributed by atoms with Crippen molar-refractivity contribution in [2.45, 2.75) is 40.3 Å². The number of benzene rings is 2. The average Bonchev–Trinajstić information content (AvgIpc) is 3.07. The van der Waals surface area contributed by atoms with E-state index in [4.69, 9.17) is 9.72 Å². The van der Waals surface area contributed by atoms with E-state index < -0.39 is 5.97 Å². The second-order valence-electron chi connectivity index (χ2n) is 7.12. The van der Waals surface area contributed by atoms with Gasteiger partial charge in [-0.1, -0.05) is 32.0 Å². The Morgan fingerprint density at radius 2 is 1.93 bits per heavy atom. The zero-order chi connectivity index (χ0) is 20.8. The lowest BCUT2D eigenvalue weighted by molar-refractivity contribution is 0.0697. The fourth-order valence-electron chi connectivity index (χ4n) is 3.53.